The number of nitrogens with zero attached hydrogens (tertiary/aromatic N) is 2. The van der Waals surface area contributed by atoms with Gasteiger partial charge in [-0.1, -0.05) is 0 Å². The number of hydrogen-bond acceptors (Lipinski definition) is 5. The van der Waals surface area contributed by atoms with Crippen molar-refractivity contribution in [2.75, 3.05) is 0 Å². The standard InChI is InChI=1S/C15H15N3O4/c1-8-16-11-6-5-9(19)7-10(11)15(22)18(8)12-3-2-4-13(20)17-14(12)21/h5-7,12,19H,2-4H2,1H3,(H,17,20,21). The SMILES string of the molecule is Cc1nc2ccc(O)cc2c(=O)n1C1CCCC(=O)NC1=O. The van der Waals surface area contributed by atoms with Crippen molar-refractivity contribution in [2.45, 2.75) is 32.2 Å². The summed E-state index contributed by atoms with van der Waals surface area (Å²) in [6, 6.07) is 3.58. The average molecular weight is 301 g/mol. The number of benzene rings is 1. The molecule has 2 heterocycles. The summed E-state index contributed by atoms with van der Waals surface area (Å²) in [5.74, 6) is -0.460. The Morgan fingerprint density at radius 3 is 2.86 bits per heavy atom. The molecule has 7 heteroatoms. The Hall–Kier alpha value is -2.70. The smallest absolute Gasteiger partial charge is 0.262 e. The quantitative estimate of drug-likeness (QED) is 0.758. The summed E-state index contributed by atoms with van der Waals surface area (Å²) in [5, 5.41) is 12.1. The Balaban J connectivity index is 2.19. The molecule has 1 aliphatic heterocycles. The predicted molar refractivity (Wildman–Crippen MR) is 78.4 cm³/mol. The minimum Gasteiger partial charge on any atom is -0.508 e. The third-order valence-electron chi connectivity index (χ3n) is 3.82. The normalized spacial score (nSPS) is 19.0. The average Bonchev–Trinajstić information content (AvgIpc) is 2.61. The van der Waals surface area contributed by atoms with E-state index in [1.54, 1.807) is 13.0 Å². The molecule has 2 aromatic rings. The number of aromatic hydroxyl groups is 1. The molecule has 22 heavy (non-hydrogen) atoms. The molecule has 1 fully saturated rings. The van der Waals surface area contributed by atoms with E-state index in [4.69, 9.17) is 0 Å². The first kappa shape index (κ1) is 14.2. The van der Waals surface area contributed by atoms with E-state index in [0.29, 0.717) is 24.2 Å². The van der Waals surface area contributed by atoms with E-state index >= 15 is 0 Å². The van der Waals surface area contributed by atoms with Gasteiger partial charge >= 0.3 is 0 Å². The number of phenolic OH excluding ortho intramolecular Hbond substituents is 1. The monoisotopic (exact) mass is 301 g/mol. The van der Waals surface area contributed by atoms with Crippen LogP contribution in [-0.2, 0) is 9.59 Å². The van der Waals surface area contributed by atoms with Crippen LogP contribution >= 0.6 is 0 Å². The van der Waals surface area contributed by atoms with Crippen LogP contribution in [0, 0.1) is 6.92 Å². The van der Waals surface area contributed by atoms with Gasteiger partial charge in [0.15, 0.2) is 0 Å². The zero-order valence-electron chi connectivity index (χ0n) is 12.0. The van der Waals surface area contributed by atoms with Crippen LogP contribution in [0.1, 0.15) is 31.1 Å². The van der Waals surface area contributed by atoms with Gasteiger partial charge in [0, 0.05) is 6.42 Å². The fraction of sp³-hybridized carbons (Fsp3) is 0.333. The molecule has 3 rings (SSSR count). The van der Waals surface area contributed by atoms with E-state index < -0.39 is 17.5 Å². The molecule has 114 valence electrons. The van der Waals surface area contributed by atoms with E-state index in [9.17, 15) is 19.5 Å². The molecule has 2 N–H and O–H groups in total. The van der Waals surface area contributed by atoms with Crippen LogP contribution in [0.5, 0.6) is 5.75 Å². The Morgan fingerprint density at radius 1 is 1.32 bits per heavy atom. The second-order valence-electron chi connectivity index (χ2n) is 5.36. The highest BCUT2D eigenvalue weighted by Crippen LogP contribution is 2.21. The number of rotatable bonds is 1. The fourth-order valence-electron chi connectivity index (χ4n) is 2.78. The minimum atomic E-state index is -0.766. The third-order valence-corrected chi connectivity index (χ3v) is 3.82. The molecule has 0 radical (unpaired) electrons. The third kappa shape index (κ3) is 2.34. The maximum absolute atomic E-state index is 12.7. The molecule has 0 saturated carbocycles. The summed E-state index contributed by atoms with van der Waals surface area (Å²) in [7, 11) is 0. The van der Waals surface area contributed by atoms with Crippen LogP contribution < -0.4 is 10.9 Å². The lowest BCUT2D eigenvalue weighted by Gasteiger charge is -2.19. The van der Waals surface area contributed by atoms with E-state index in [0.717, 1.165) is 0 Å². The van der Waals surface area contributed by atoms with Gasteiger partial charge in [-0.15, -0.1) is 0 Å². The summed E-state index contributed by atoms with van der Waals surface area (Å²) >= 11 is 0. The van der Waals surface area contributed by atoms with Crippen molar-refractivity contribution in [3.8, 4) is 5.75 Å². The summed E-state index contributed by atoms with van der Waals surface area (Å²) in [6.45, 7) is 1.65. The van der Waals surface area contributed by atoms with Gasteiger partial charge in [0.05, 0.1) is 10.9 Å². The number of imide groups is 1. The van der Waals surface area contributed by atoms with Crippen molar-refractivity contribution in [2.24, 2.45) is 0 Å². The summed E-state index contributed by atoms with van der Waals surface area (Å²) in [5.41, 5.74) is 0.0644. The molecule has 0 aliphatic carbocycles. The number of amides is 2. The van der Waals surface area contributed by atoms with Gasteiger partial charge < -0.3 is 5.11 Å². The molecule has 1 atom stereocenters. The van der Waals surface area contributed by atoms with Crippen molar-refractivity contribution < 1.29 is 14.7 Å². The molecule has 1 unspecified atom stereocenters. The molecule has 0 spiro atoms. The molecule has 1 saturated heterocycles. The number of fused-ring (bicyclic) bond motifs is 1. The number of carbonyl (C=O) groups is 2. The molecule has 2 amide bonds. The highest BCUT2D eigenvalue weighted by atomic mass is 16.3. The maximum Gasteiger partial charge on any atom is 0.262 e. The molecular formula is C15H15N3O4. The summed E-state index contributed by atoms with van der Waals surface area (Å²) in [4.78, 5) is 40.6. The largest absolute Gasteiger partial charge is 0.508 e. The van der Waals surface area contributed by atoms with E-state index in [1.807, 2.05) is 0 Å². The number of aryl methyl sites for hydroxylation is 1. The molecule has 0 bridgehead atoms. The highest BCUT2D eigenvalue weighted by molar-refractivity contribution is 5.98. The van der Waals surface area contributed by atoms with Crippen molar-refractivity contribution in [3.63, 3.8) is 0 Å². The van der Waals surface area contributed by atoms with Crippen LogP contribution in [-0.4, -0.2) is 26.5 Å². The first-order chi connectivity index (χ1) is 10.5. The summed E-state index contributed by atoms with van der Waals surface area (Å²) in [6.07, 6.45) is 1.17. The number of hydrogen-bond donors (Lipinski definition) is 2. The molecule has 1 aromatic heterocycles. The van der Waals surface area contributed by atoms with Gasteiger partial charge in [-0.2, -0.15) is 0 Å². The van der Waals surface area contributed by atoms with Gasteiger partial charge in [-0.05, 0) is 38.0 Å². The highest BCUT2D eigenvalue weighted by Gasteiger charge is 2.28. The van der Waals surface area contributed by atoms with Gasteiger partial charge in [0.2, 0.25) is 11.8 Å². The molecular weight excluding hydrogens is 286 g/mol. The van der Waals surface area contributed by atoms with Crippen molar-refractivity contribution in [3.05, 3.63) is 34.4 Å². The van der Waals surface area contributed by atoms with E-state index in [1.165, 1.54) is 16.7 Å². The van der Waals surface area contributed by atoms with Gasteiger partial charge in [-0.25, -0.2) is 4.98 Å². The van der Waals surface area contributed by atoms with Crippen molar-refractivity contribution in [1.29, 1.82) is 0 Å². The Labute approximate surface area is 125 Å². The number of nitrogens with one attached hydrogen (secondary N) is 1. The molecule has 7 nitrogen and oxygen atoms in total. The fourth-order valence-corrected chi connectivity index (χ4v) is 2.78. The topological polar surface area (TPSA) is 101 Å². The van der Waals surface area contributed by atoms with Crippen LogP contribution in [0.15, 0.2) is 23.0 Å². The van der Waals surface area contributed by atoms with Gasteiger partial charge in [0.25, 0.3) is 5.56 Å². The van der Waals surface area contributed by atoms with E-state index in [2.05, 4.69) is 10.3 Å². The minimum absolute atomic E-state index is 0.0395. The lowest BCUT2D eigenvalue weighted by atomic mass is 10.1. The zero-order valence-corrected chi connectivity index (χ0v) is 12.0. The van der Waals surface area contributed by atoms with Crippen LogP contribution in [0.25, 0.3) is 10.9 Å². The predicted octanol–water partition coefficient (Wildman–Crippen LogP) is 0.778. The zero-order chi connectivity index (χ0) is 15.9. The Morgan fingerprint density at radius 2 is 2.09 bits per heavy atom. The first-order valence-corrected chi connectivity index (χ1v) is 7.03. The van der Waals surface area contributed by atoms with Gasteiger partial charge in [-0.3, -0.25) is 24.3 Å². The maximum atomic E-state index is 12.7. The van der Waals surface area contributed by atoms with E-state index in [-0.39, 0.29) is 23.5 Å². The lowest BCUT2D eigenvalue weighted by molar-refractivity contribution is -0.131. The Kier molecular flexibility index (Phi) is 3.40. The molecule has 1 aliphatic rings. The van der Waals surface area contributed by atoms with Crippen LogP contribution in [0.2, 0.25) is 0 Å². The van der Waals surface area contributed by atoms with Crippen LogP contribution in [0.3, 0.4) is 0 Å². The first-order valence-electron chi connectivity index (χ1n) is 7.03. The number of carbonyl (C=O) groups excluding carboxylic acids is 2. The number of phenols is 1. The number of aromatic nitrogens is 2. The molecule has 1 aromatic carbocycles. The van der Waals surface area contributed by atoms with Crippen molar-refractivity contribution >= 4 is 22.7 Å². The second kappa shape index (κ2) is 5.25. The van der Waals surface area contributed by atoms with Crippen LogP contribution in [0.4, 0.5) is 0 Å². The lowest BCUT2D eigenvalue weighted by Crippen LogP contribution is -2.39. The second-order valence-corrected chi connectivity index (χ2v) is 5.36. The van der Waals surface area contributed by atoms with Crippen molar-refractivity contribution in [1.82, 2.24) is 14.9 Å². The summed E-state index contributed by atoms with van der Waals surface area (Å²) < 4.78 is 1.30. The Bertz CT molecular complexity index is 841. The van der Waals surface area contributed by atoms with Gasteiger partial charge in [0.1, 0.15) is 17.6 Å².